The average molecular weight is 520 g/mol. The molecule has 35 heavy (non-hydrogen) atoms. The molecule has 0 aliphatic heterocycles. The summed E-state index contributed by atoms with van der Waals surface area (Å²) in [5.41, 5.74) is 3.75. The highest BCUT2D eigenvalue weighted by atomic mass is 32.2. The zero-order valence-electron chi connectivity index (χ0n) is 22.9. The molecule has 1 fully saturated rings. The summed E-state index contributed by atoms with van der Waals surface area (Å²) < 4.78 is 31.2. The molecule has 5 nitrogen and oxygen atoms in total. The van der Waals surface area contributed by atoms with Crippen molar-refractivity contribution in [3.05, 3.63) is 35.5 Å². The highest BCUT2D eigenvalue weighted by Crippen LogP contribution is 2.38. The number of nitrogens with two attached hydrogens (primary N) is 1. The van der Waals surface area contributed by atoms with Crippen molar-refractivity contribution in [3.63, 3.8) is 0 Å². The maximum Gasteiger partial charge on any atom is 0.243 e. The second-order valence-corrected chi connectivity index (χ2v) is 15.2. The summed E-state index contributed by atoms with van der Waals surface area (Å²) in [7, 11) is -1.94. The quantitative estimate of drug-likeness (QED) is 0.401. The summed E-state index contributed by atoms with van der Waals surface area (Å²) in [6, 6.07) is 8.05. The summed E-state index contributed by atoms with van der Waals surface area (Å²) in [4.78, 5) is 1.48. The van der Waals surface area contributed by atoms with Gasteiger partial charge in [0, 0.05) is 36.4 Å². The summed E-state index contributed by atoms with van der Waals surface area (Å²) in [5.74, 6) is 0.678. The average Bonchev–Trinajstić information content (AvgIpc) is 3.07. The molecule has 0 saturated heterocycles. The van der Waals surface area contributed by atoms with Crippen molar-refractivity contribution in [2.45, 2.75) is 102 Å². The Bertz CT molecular complexity index is 1130. The third kappa shape index (κ3) is 6.54. The van der Waals surface area contributed by atoms with Gasteiger partial charge in [-0.05, 0) is 77.8 Å². The molecule has 2 N–H and O–H groups in total. The number of benzene rings is 1. The molecule has 196 valence electrons. The zero-order chi connectivity index (χ0) is 26.2. The van der Waals surface area contributed by atoms with E-state index in [9.17, 15) is 8.42 Å². The number of rotatable bonds is 7. The molecular formula is C28H45N3O2S2. The number of hydrogen-bond donors (Lipinski definition) is 1. The molecule has 7 heteroatoms. The fourth-order valence-electron chi connectivity index (χ4n) is 5.26. The summed E-state index contributed by atoms with van der Waals surface area (Å²) >= 11 is 1.29. The Morgan fingerprint density at radius 1 is 1.06 bits per heavy atom. The number of aromatic nitrogens is 1. The second-order valence-electron chi connectivity index (χ2n) is 12.5. The number of hydrogen-bond acceptors (Lipinski definition) is 4. The van der Waals surface area contributed by atoms with Gasteiger partial charge in [0.15, 0.2) is 0 Å². The molecule has 0 atom stereocenters. The predicted molar refractivity (Wildman–Crippen MR) is 149 cm³/mol. The van der Waals surface area contributed by atoms with Gasteiger partial charge in [-0.3, -0.25) is 5.14 Å². The van der Waals surface area contributed by atoms with Gasteiger partial charge in [0.25, 0.3) is 0 Å². The molecule has 0 spiro atoms. The van der Waals surface area contributed by atoms with Crippen LogP contribution in [0.3, 0.4) is 0 Å². The van der Waals surface area contributed by atoms with Crippen LogP contribution in [0.4, 0.5) is 0 Å². The van der Waals surface area contributed by atoms with Gasteiger partial charge in [-0.25, -0.2) is 12.7 Å². The molecule has 1 saturated carbocycles. The van der Waals surface area contributed by atoms with E-state index in [2.05, 4.69) is 65.2 Å². The van der Waals surface area contributed by atoms with Gasteiger partial charge in [-0.2, -0.15) is 0 Å². The van der Waals surface area contributed by atoms with Gasteiger partial charge in [-0.15, -0.1) is 0 Å². The molecule has 1 aromatic carbocycles. The molecule has 0 amide bonds. The Morgan fingerprint density at radius 3 is 2.23 bits per heavy atom. The topological polar surface area (TPSA) is 68.3 Å². The van der Waals surface area contributed by atoms with Crippen LogP contribution in [0.2, 0.25) is 0 Å². The Balaban J connectivity index is 2.11. The molecule has 1 aliphatic carbocycles. The van der Waals surface area contributed by atoms with Crippen LogP contribution in [0.25, 0.3) is 11.3 Å². The first-order chi connectivity index (χ1) is 16.1. The van der Waals surface area contributed by atoms with Crippen LogP contribution in [-0.2, 0) is 22.0 Å². The van der Waals surface area contributed by atoms with Crippen LogP contribution in [0.1, 0.15) is 84.9 Å². The van der Waals surface area contributed by atoms with E-state index in [0.29, 0.717) is 17.4 Å². The summed E-state index contributed by atoms with van der Waals surface area (Å²) in [6.45, 7) is 16.0. The minimum Gasteiger partial charge on any atom is -0.343 e. The summed E-state index contributed by atoms with van der Waals surface area (Å²) in [5, 5.41) is 6.03. The fourth-order valence-corrected chi connectivity index (χ4v) is 7.50. The van der Waals surface area contributed by atoms with E-state index in [4.69, 9.17) is 5.14 Å². The minimum atomic E-state index is -3.62. The second kappa shape index (κ2) is 10.6. The number of sulfonamides is 1. The van der Waals surface area contributed by atoms with Crippen molar-refractivity contribution in [2.75, 3.05) is 13.6 Å². The van der Waals surface area contributed by atoms with Gasteiger partial charge in [0.05, 0.1) is 4.90 Å². The van der Waals surface area contributed by atoms with Crippen molar-refractivity contribution in [2.24, 2.45) is 16.5 Å². The van der Waals surface area contributed by atoms with Crippen molar-refractivity contribution < 1.29 is 8.42 Å². The highest BCUT2D eigenvalue weighted by Gasteiger charge is 2.31. The Morgan fingerprint density at radius 2 is 1.69 bits per heavy atom. The standard InChI is InChI=1S/C28H45N3O2S2/c1-20-25(34-29)17-24(31(20)18-21-12-10-9-11-13-21)22-14-15-26(23(16-22)28(5,6)7)35(32,33)30(8)19-27(2,3)4/h14-17,21H,9-13,18-19,29H2,1-8H3. The molecule has 1 aromatic heterocycles. The van der Waals surface area contributed by atoms with Crippen LogP contribution in [0, 0.1) is 18.3 Å². The van der Waals surface area contributed by atoms with E-state index in [1.165, 1.54) is 54.1 Å². The predicted octanol–water partition coefficient (Wildman–Crippen LogP) is 6.97. The van der Waals surface area contributed by atoms with Crippen molar-refractivity contribution >= 4 is 22.0 Å². The Labute approximate surface area is 218 Å². The van der Waals surface area contributed by atoms with E-state index in [1.807, 2.05) is 12.1 Å². The molecule has 1 heterocycles. The smallest absolute Gasteiger partial charge is 0.243 e. The highest BCUT2D eigenvalue weighted by molar-refractivity contribution is 7.97. The third-order valence-electron chi connectivity index (χ3n) is 7.08. The van der Waals surface area contributed by atoms with E-state index < -0.39 is 10.0 Å². The molecule has 0 bridgehead atoms. The van der Waals surface area contributed by atoms with Crippen LogP contribution in [-0.4, -0.2) is 30.9 Å². The third-order valence-corrected chi connectivity index (χ3v) is 9.61. The first kappa shape index (κ1) is 28.3. The lowest BCUT2D eigenvalue weighted by atomic mass is 9.85. The van der Waals surface area contributed by atoms with Crippen molar-refractivity contribution in [1.82, 2.24) is 8.87 Å². The van der Waals surface area contributed by atoms with Crippen LogP contribution >= 0.6 is 11.9 Å². The lowest BCUT2D eigenvalue weighted by molar-refractivity contribution is 0.310. The van der Waals surface area contributed by atoms with E-state index in [0.717, 1.165) is 28.3 Å². The molecule has 0 unspecified atom stereocenters. The van der Waals surface area contributed by atoms with Crippen LogP contribution in [0.5, 0.6) is 0 Å². The largest absolute Gasteiger partial charge is 0.343 e. The minimum absolute atomic E-state index is 0.128. The lowest BCUT2D eigenvalue weighted by Crippen LogP contribution is -2.35. The molecule has 3 rings (SSSR count). The van der Waals surface area contributed by atoms with Crippen LogP contribution in [0.15, 0.2) is 34.1 Å². The van der Waals surface area contributed by atoms with Gasteiger partial charge in [-0.1, -0.05) is 66.9 Å². The van der Waals surface area contributed by atoms with Crippen molar-refractivity contribution in [1.29, 1.82) is 0 Å². The van der Waals surface area contributed by atoms with E-state index >= 15 is 0 Å². The Hall–Kier alpha value is -1.28. The van der Waals surface area contributed by atoms with Gasteiger partial charge < -0.3 is 4.57 Å². The number of nitrogens with zero attached hydrogens (tertiary/aromatic N) is 2. The van der Waals surface area contributed by atoms with Gasteiger partial charge in [0.1, 0.15) is 0 Å². The zero-order valence-corrected chi connectivity index (χ0v) is 24.6. The molecular weight excluding hydrogens is 474 g/mol. The Kier molecular flexibility index (Phi) is 8.57. The maximum absolute atomic E-state index is 13.7. The maximum atomic E-state index is 13.7. The molecule has 1 aliphatic rings. The monoisotopic (exact) mass is 519 g/mol. The first-order valence-electron chi connectivity index (χ1n) is 12.8. The molecule has 0 radical (unpaired) electrons. The first-order valence-corrected chi connectivity index (χ1v) is 15.2. The van der Waals surface area contributed by atoms with Crippen molar-refractivity contribution in [3.8, 4) is 11.3 Å². The molecule has 2 aromatic rings. The van der Waals surface area contributed by atoms with Gasteiger partial charge in [0.2, 0.25) is 10.0 Å². The fraction of sp³-hybridized carbons (Fsp3) is 0.643. The SMILES string of the molecule is Cc1c(SN)cc(-c2ccc(S(=O)(=O)N(C)CC(C)(C)C)c(C(C)(C)C)c2)n1CC1CCCCC1. The van der Waals surface area contributed by atoms with Crippen LogP contribution < -0.4 is 5.14 Å². The van der Waals surface area contributed by atoms with E-state index in [-0.39, 0.29) is 10.8 Å². The normalized spacial score (nSPS) is 16.3. The summed E-state index contributed by atoms with van der Waals surface area (Å²) in [6.07, 6.45) is 6.50. The van der Waals surface area contributed by atoms with Gasteiger partial charge >= 0.3 is 0 Å². The lowest BCUT2D eigenvalue weighted by Gasteiger charge is -2.30. The van der Waals surface area contributed by atoms with E-state index in [1.54, 1.807) is 7.05 Å².